The maximum atomic E-state index is 10.8. The fourth-order valence-electron chi connectivity index (χ4n) is 1.99. The summed E-state index contributed by atoms with van der Waals surface area (Å²) in [7, 11) is 0. The predicted octanol–water partition coefficient (Wildman–Crippen LogP) is 0.906. The Hall–Kier alpha value is -1.88. The summed E-state index contributed by atoms with van der Waals surface area (Å²) >= 11 is 0. The number of imidazole rings is 1. The molecule has 0 saturated heterocycles. The molecule has 2 aromatic heterocycles. The molecule has 0 aliphatic heterocycles. The molecule has 0 aliphatic rings. The van der Waals surface area contributed by atoms with Crippen LogP contribution in [0.4, 0.5) is 0 Å². The van der Waals surface area contributed by atoms with Crippen molar-refractivity contribution in [2.75, 3.05) is 0 Å². The summed E-state index contributed by atoms with van der Waals surface area (Å²) < 4.78 is 1.96. The van der Waals surface area contributed by atoms with Crippen LogP contribution < -0.4 is 5.73 Å². The summed E-state index contributed by atoms with van der Waals surface area (Å²) in [5.41, 5.74) is 8.33. The quantitative estimate of drug-likeness (QED) is 0.825. The standard InChI is InChI=1S/C12H15N3O2/c1-7-4-3-5-15-8(2)14-10(11(7)15)6-9(13)12(16)17/h3-5,9H,6,13H2,1-2H3,(H,16,17). The summed E-state index contributed by atoms with van der Waals surface area (Å²) in [6.45, 7) is 3.87. The Labute approximate surface area is 98.9 Å². The zero-order valence-corrected chi connectivity index (χ0v) is 9.84. The molecule has 0 aliphatic carbocycles. The van der Waals surface area contributed by atoms with Crippen LogP contribution in [0, 0.1) is 13.8 Å². The van der Waals surface area contributed by atoms with Crippen molar-refractivity contribution in [1.29, 1.82) is 0 Å². The number of pyridine rings is 1. The van der Waals surface area contributed by atoms with Gasteiger partial charge in [-0.15, -0.1) is 0 Å². The number of aliphatic carboxylic acids is 1. The van der Waals surface area contributed by atoms with Crippen LogP contribution in [0.5, 0.6) is 0 Å². The lowest BCUT2D eigenvalue weighted by Gasteiger charge is -2.05. The minimum absolute atomic E-state index is 0.248. The van der Waals surface area contributed by atoms with E-state index in [2.05, 4.69) is 4.98 Å². The molecule has 0 radical (unpaired) electrons. The molecule has 5 heteroatoms. The number of nitrogens with zero attached hydrogens (tertiary/aromatic N) is 2. The molecule has 2 rings (SSSR count). The molecule has 2 aromatic rings. The van der Waals surface area contributed by atoms with Crippen LogP contribution in [0.3, 0.4) is 0 Å². The molecule has 2 heterocycles. The number of aromatic nitrogens is 2. The highest BCUT2D eigenvalue weighted by molar-refractivity contribution is 5.74. The number of carbonyl (C=O) groups is 1. The van der Waals surface area contributed by atoms with Crippen LogP contribution in [0.2, 0.25) is 0 Å². The Balaban J connectivity index is 2.51. The van der Waals surface area contributed by atoms with E-state index in [1.807, 2.05) is 36.6 Å². The fourth-order valence-corrected chi connectivity index (χ4v) is 1.99. The van der Waals surface area contributed by atoms with Gasteiger partial charge in [0.2, 0.25) is 0 Å². The van der Waals surface area contributed by atoms with Crippen molar-refractivity contribution in [2.24, 2.45) is 5.73 Å². The second-order valence-electron chi connectivity index (χ2n) is 4.16. The third-order valence-corrected chi connectivity index (χ3v) is 2.84. The smallest absolute Gasteiger partial charge is 0.320 e. The number of nitrogens with two attached hydrogens (primary N) is 1. The van der Waals surface area contributed by atoms with E-state index in [0.717, 1.165) is 22.6 Å². The molecular weight excluding hydrogens is 218 g/mol. The van der Waals surface area contributed by atoms with Gasteiger partial charge in [-0.25, -0.2) is 4.98 Å². The van der Waals surface area contributed by atoms with Crippen molar-refractivity contribution in [2.45, 2.75) is 26.3 Å². The van der Waals surface area contributed by atoms with Crippen molar-refractivity contribution < 1.29 is 9.90 Å². The van der Waals surface area contributed by atoms with Gasteiger partial charge in [0.05, 0.1) is 11.2 Å². The molecule has 1 unspecified atom stereocenters. The van der Waals surface area contributed by atoms with E-state index in [1.165, 1.54) is 0 Å². The van der Waals surface area contributed by atoms with E-state index >= 15 is 0 Å². The van der Waals surface area contributed by atoms with Crippen LogP contribution in [-0.2, 0) is 11.2 Å². The highest BCUT2D eigenvalue weighted by atomic mass is 16.4. The maximum Gasteiger partial charge on any atom is 0.320 e. The molecule has 0 bridgehead atoms. The molecule has 0 spiro atoms. The Morgan fingerprint density at radius 2 is 2.29 bits per heavy atom. The van der Waals surface area contributed by atoms with Crippen LogP contribution >= 0.6 is 0 Å². The van der Waals surface area contributed by atoms with Gasteiger partial charge in [-0.1, -0.05) is 6.07 Å². The van der Waals surface area contributed by atoms with Gasteiger partial charge < -0.3 is 15.2 Å². The number of rotatable bonds is 3. The minimum atomic E-state index is -1.00. The average molecular weight is 233 g/mol. The maximum absolute atomic E-state index is 10.8. The van der Waals surface area contributed by atoms with E-state index < -0.39 is 12.0 Å². The minimum Gasteiger partial charge on any atom is -0.480 e. The van der Waals surface area contributed by atoms with Crippen molar-refractivity contribution in [3.05, 3.63) is 35.4 Å². The fraction of sp³-hybridized carbons (Fsp3) is 0.333. The van der Waals surface area contributed by atoms with E-state index in [1.54, 1.807) is 0 Å². The molecular formula is C12H15N3O2. The Bertz CT molecular complexity index is 574. The number of hydrogen-bond acceptors (Lipinski definition) is 3. The van der Waals surface area contributed by atoms with Crippen molar-refractivity contribution >= 4 is 11.5 Å². The first-order valence-electron chi connectivity index (χ1n) is 5.42. The van der Waals surface area contributed by atoms with Gasteiger partial charge in [0.15, 0.2) is 0 Å². The number of carboxylic acid groups (broad SMARTS) is 1. The molecule has 1 atom stereocenters. The summed E-state index contributed by atoms with van der Waals surface area (Å²) in [6.07, 6.45) is 2.16. The number of aryl methyl sites for hydroxylation is 2. The lowest BCUT2D eigenvalue weighted by Crippen LogP contribution is -2.32. The van der Waals surface area contributed by atoms with Crippen LogP contribution in [0.25, 0.3) is 5.52 Å². The molecule has 5 nitrogen and oxygen atoms in total. The third kappa shape index (κ3) is 2.01. The summed E-state index contributed by atoms with van der Waals surface area (Å²) in [5, 5.41) is 8.83. The van der Waals surface area contributed by atoms with Crippen molar-refractivity contribution in [3.63, 3.8) is 0 Å². The molecule has 0 aromatic carbocycles. The topological polar surface area (TPSA) is 80.6 Å². The van der Waals surface area contributed by atoms with Gasteiger partial charge in [-0.2, -0.15) is 0 Å². The van der Waals surface area contributed by atoms with Gasteiger partial charge >= 0.3 is 5.97 Å². The highest BCUT2D eigenvalue weighted by Gasteiger charge is 2.17. The van der Waals surface area contributed by atoms with Crippen LogP contribution in [-0.4, -0.2) is 26.5 Å². The van der Waals surface area contributed by atoms with Gasteiger partial charge in [0.1, 0.15) is 11.9 Å². The summed E-state index contributed by atoms with van der Waals surface area (Å²) in [5.74, 6) is -0.159. The van der Waals surface area contributed by atoms with Gasteiger partial charge in [-0.3, -0.25) is 4.79 Å². The van der Waals surface area contributed by atoms with Gasteiger partial charge in [0, 0.05) is 12.6 Å². The molecule has 90 valence electrons. The zero-order valence-electron chi connectivity index (χ0n) is 9.84. The Morgan fingerprint density at radius 3 is 2.94 bits per heavy atom. The van der Waals surface area contributed by atoms with Crippen LogP contribution in [0.15, 0.2) is 18.3 Å². The molecule has 3 N–H and O–H groups in total. The lowest BCUT2D eigenvalue weighted by atomic mass is 10.1. The van der Waals surface area contributed by atoms with Crippen molar-refractivity contribution in [1.82, 2.24) is 9.38 Å². The summed E-state index contributed by atoms with van der Waals surface area (Å²) in [6, 6.07) is 3.01. The second-order valence-corrected chi connectivity index (χ2v) is 4.16. The van der Waals surface area contributed by atoms with Gasteiger partial charge in [-0.05, 0) is 25.5 Å². The first-order valence-corrected chi connectivity index (χ1v) is 5.42. The lowest BCUT2D eigenvalue weighted by molar-refractivity contribution is -0.138. The first-order chi connectivity index (χ1) is 8.00. The van der Waals surface area contributed by atoms with E-state index in [4.69, 9.17) is 10.8 Å². The summed E-state index contributed by atoms with van der Waals surface area (Å²) in [4.78, 5) is 15.2. The molecule has 0 amide bonds. The highest BCUT2D eigenvalue weighted by Crippen LogP contribution is 2.18. The average Bonchev–Trinajstić information content (AvgIpc) is 2.57. The largest absolute Gasteiger partial charge is 0.480 e. The Kier molecular flexibility index (Phi) is 2.85. The molecule has 0 saturated carbocycles. The van der Waals surface area contributed by atoms with E-state index in [9.17, 15) is 4.79 Å². The Morgan fingerprint density at radius 1 is 1.59 bits per heavy atom. The van der Waals surface area contributed by atoms with E-state index in [0.29, 0.717) is 0 Å². The number of hydrogen-bond donors (Lipinski definition) is 2. The number of carboxylic acids is 1. The van der Waals surface area contributed by atoms with Gasteiger partial charge in [0.25, 0.3) is 0 Å². The zero-order chi connectivity index (χ0) is 12.6. The first kappa shape index (κ1) is 11.6. The number of fused-ring (bicyclic) bond motifs is 1. The monoisotopic (exact) mass is 233 g/mol. The SMILES string of the molecule is Cc1cccn2c(C)nc(CC(N)C(=O)O)c12. The van der Waals surface area contributed by atoms with Crippen LogP contribution in [0.1, 0.15) is 17.1 Å². The normalized spacial score (nSPS) is 12.9. The predicted molar refractivity (Wildman–Crippen MR) is 64.0 cm³/mol. The molecule has 0 fully saturated rings. The molecule has 17 heavy (non-hydrogen) atoms. The third-order valence-electron chi connectivity index (χ3n) is 2.84. The van der Waals surface area contributed by atoms with Crippen molar-refractivity contribution in [3.8, 4) is 0 Å². The second kappa shape index (κ2) is 4.18. The van der Waals surface area contributed by atoms with E-state index in [-0.39, 0.29) is 6.42 Å².